The van der Waals surface area contributed by atoms with Gasteiger partial charge in [-0.05, 0) is 30.7 Å². The van der Waals surface area contributed by atoms with Crippen LogP contribution in [0.25, 0.3) is 0 Å². The monoisotopic (exact) mass is 380 g/mol. The number of nitrogens with one attached hydrogen (secondary N) is 1. The third kappa shape index (κ3) is 4.96. The van der Waals surface area contributed by atoms with Gasteiger partial charge in [0.15, 0.2) is 0 Å². The van der Waals surface area contributed by atoms with Crippen LogP contribution < -0.4 is 4.72 Å². The van der Waals surface area contributed by atoms with Gasteiger partial charge in [0.1, 0.15) is 11.6 Å². The number of esters is 1. The smallest absolute Gasteiger partial charge is 0.338 e. The van der Waals surface area contributed by atoms with Crippen molar-refractivity contribution in [2.45, 2.75) is 37.3 Å². The summed E-state index contributed by atoms with van der Waals surface area (Å²) in [5.41, 5.74) is 2.57. The van der Waals surface area contributed by atoms with Crippen LogP contribution in [0, 0.1) is 6.92 Å². The maximum absolute atomic E-state index is 11.7. The SMILES string of the molecule is CC.Cc1ccc(Sc2cc3c(cc2NS(C)(=O)=O)COC3=O)nc1. The Labute approximate surface area is 152 Å². The van der Waals surface area contributed by atoms with Gasteiger partial charge < -0.3 is 4.74 Å². The van der Waals surface area contributed by atoms with Crippen LogP contribution in [0.5, 0.6) is 0 Å². The standard InChI is InChI=1S/C15H14N2O4S2.C2H6/c1-9-3-4-14(16-7-9)22-13-6-11-10(8-21-15(11)18)5-12(13)17-23(2,19)20;1-2/h3-7,17H,8H2,1-2H3;1-2H3. The normalized spacial score (nSPS) is 12.7. The molecule has 1 aromatic heterocycles. The van der Waals surface area contributed by atoms with Gasteiger partial charge in [0.2, 0.25) is 10.0 Å². The molecule has 0 saturated carbocycles. The summed E-state index contributed by atoms with van der Waals surface area (Å²) in [5.74, 6) is -0.398. The molecule has 0 bridgehead atoms. The molecular formula is C17H20N2O4S2. The minimum Gasteiger partial charge on any atom is -0.457 e. The molecule has 6 nitrogen and oxygen atoms in total. The first-order valence-electron chi connectivity index (χ1n) is 7.74. The number of fused-ring (bicyclic) bond motifs is 1. The van der Waals surface area contributed by atoms with E-state index in [1.165, 1.54) is 11.8 Å². The van der Waals surface area contributed by atoms with Crippen molar-refractivity contribution in [2.24, 2.45) is 0 Å². The molecule has 8 heteroatoms. The quantitative estimate of drug-likeness (QED) is 0.816. The highest BCUT2D eigenvalue weighted by Gasteiger charge is 2.24. The molecular weight excluding hydrogens is 360 g/mol. The molecule has 0 amide bonds. The Balaban J connectivity index is 0.00000109. The fraction of sp³-hybridized carbons (Fsp3) is 0.294. The largest absolute Gasteiger partial charge is 0.457 e. The maximum atomic E-state index is 11.7. The second-order valence-corrected chi connectivity index (χ2v) is 8.04. The third-order valence-corrected chi connectivity index (χ3v) is 4.78. The van der Waals surface area contributed by atoms with Crippen molar-refractivity contribution in [3.8, 4) is 0 Å². The average molecular weight is 380 g/mol. The lowest BCUT2D eigenvalue weighted by molar-refractivity contribution is 0.0535. The molecule has 0 aliphatic carbocycles. The molecule has 134 valence electrons. The first kappa shape index (κ1) is 19.3. The first-order chi connectivity index (χ1) is 11.8. The molecule has 0 saturated heterocycles. The van der Waals surface area contributed by atoms with Crippen LogP contribution in [0.1, 0.15) is 35.3 Å². The van der Waals surface area contributed by atoms with E-state index in [1.807, 2.05) is 32.9 Å². The lowest BCUT2D eigenvalue weighted by Crippen LogP contribution is -2.11. The van der Waals surface area contributed by atoms with E-state index in [4.69, 9.17) is 4.74 Å². The molecule has 1 aliphatic heterocycles. The summed E-state index contributed by atoms with van der Waals surface area (Å²) in [6.07, 6.45) is 2.81. The number of pyridine rings is 1. The molecule has 0 fully saturated rings. The average Bonchev–Trinajstić information content (AvgIpc) is 2.91. The van der Waals surface area contributed by atoms with E-state index in [1.54, 1.807) is 18.3 Å². The Morgan fingerprint density at radius 2 is 1.96 bits per heavy atom. The molecule has 2 aromatic rings. The zero-order valence-electron chi connectivity index (χ0n) is 14.5. The zero-order chi connectivity index (χ0) is 18.6. The van der Waals surface area contributed by atoms with Crippen LogP contribution in [-0.4, -0.2) is 25.6 Å². The molecule has 0 atom stereocenters. The van der Waals surface area contributed by atoms with Crippen molar-refractivity contribution in [3.05, 3.63) is 47.2 Å². The number of carbonyl (C=O) groups is 1. The van der Waals surface area contributed by atoms with Crippen LogP contribution in [0.3, 0.4) is 0 Å². The van der Waals surface area contributed by atoms with Gasteiger partial charge in [-0.25, -0.2) is 18.2 Å². The van der Waals surface area contributed by atoms with E-state index in [2.05, 4.69) is 9.71 Å². The van der Waals surface area contributed by atoms with E-state index in [-0.39, 0.29) is 6.61 Å². The van der Waals surface area contributed by atoms with Crippen molar-refractivity contribution >= 4 is 33.4 Å². The Hall–Kier alpha value is -2.06. The molecule has 1 N–H and O–H groups in total. The number of cyclic esters (lactones) is 1. The van der Waals surface area contributed by atoms with Crippen molar-refractivity contribution in [1.29, 1.82) is 0 Å². The highest BCUT2D eigenvalue weighted by molar-refractivity contribution is 7.99. The van der Waals surface area contributed by atoms with E-state index >= 15 is 0 Å². The van der Waals surface area contributed by atoms with Crippen LogP contribution >= 0.6 is 11.8 Å². The fourth-order valence-electron chi connectivity index (χ4n) is 2.15. The molecule has 2 heterocycles. The molecule has 1 aliphatic rings. The topological polar surface area (TPSA) is 85.4 Å². The van der Waals surface area contributed by atoms with Gasteiger partial charge in [-0.2, -0.15) is 0 Å². The van der Waals surface area contributed by atoms with Gasteiger partial charge in [-0.1, -0.05) is 31.7 Å². The van der Waals surface area contributed by atoms with E-state index < -0.39 is 16.0 Å². The highest BCUT2D eigenvalue weighted by atomic mass is 32.2. The summed E-state index contributed by atoms with van der Waals surface area (Å²) in [6, 6.07) is 7.04. The molecule has 0 unspecified atom stereocenters. The van der Waals surface area contributed by atoms with E-state index in [9.17, 15) is 13.2 Å². The van der Waals surface area contributed by atoms with Gasteiger partial charge in [-0.3, -0.25) is 4.72 Å². The summed E-state index contributed by atoms with van der Waals surface area (Å²) < 4.78 is 30.6. The minimum absolute atomic E-state index is 0.153. The van der Waals surface area contributed by atoms with Crippen LogP contribution in [-0.2, 0) is 21.4 Å². The summed E-state index contributed by atoms with van der Waals surface area (Å²) in [5, 5.41) is 0.707. The number of hydrogen-bond acceptors (Lipinski definition) is 6. The number of carbonyl (C=O) groups excluding carboxylic acids is 1. The summed E-state index contributed by atoms with van der Waals surface area (Å²) >= 11 is 1.29. The van der Waals surface area contributed by atoms with Crippen molar-refractivity contribution < 1.29 is 17.9 Å². The molecule has 0 spiro atoms. The maximum Gasteiger partial charge on any atom is 0.338 e. The zero-order valence-corrected chi connectivity index (χ0v) is 16.1. The Kier molecular flexibility index (Phi) is 6.07. The fourth-order valence-corrected chi connectivity index (χ4v) is 3.64. The first-order valence-corrected chi connectivity index (χ1v) is 10.4. The summed E-state index contributed by atoms with van der Waals surface area (Å²) in [7, 11) is -3.44. The number of sulfonamides is 1. The van der Waals surface area contributed by atoms with Gasteiger partial charge in [0.05, 0.1) is 17.5 Å². The predicted octanol–water partition coefficient (Wildman–Crippen LogP) is 3.61. The van der Waals surface area contributed by atoms with Crippen molar-refractivity contribution in [3.63, 3.8) is 0 Å². The lowest BCUT2D eigenvalue weighted by Gasteiger charge is -2.11. The van der Waals surface area contributed by atoms with Crippen LogP contribution in [0.15, 0.2) is 40.4 Å². The number of anilines is 1. The van der Waals surface area contributed by atoms with Crippen molar-refractivity contribution in [1.82, 2.24) is 4.98 Å². The molecule has 0 radical (unpaired) electrons. The Bertz CT molecular complexity index is 878. The number of aryl methyl sites for hydroxylation is 1. The summed E-state index contributed by atoms with van der Waals surface area (Å²) in [4.78, 5) is 16.6. The minimum atomic E-state index is -3.44. The Morgan fingerprint density at radius 3 is 2.56 bits per heavy atom. The van der Waals surface area contributed by atoms with E-state index in [0.29, 0.717) is 26.7 Å². The van der Waals surface area contributed by atoms with Gasteiger partial charge >= 0.3 is 5.97 Å². The molecule has 25 heavy (non-hydrogen) atoms. The Morgan fingerprint density at radius 1 is 1.24 bits per heavy atom. The number of benzene rings is 1. The highest BCUT2D eigenvalue weighted by Crippen LogP contribution is 2.37. The second-order valence-electron chi connectivity index (χ2n) is 5.23. The van der Waals surface area contributed by atoms with Crippen LogP contribution in [0.4, 0.5) is 5.69 Å². The van der Waals surface area contributed by atoms with Gasteiger partial charge in [0, 0.05) is 16.7 Å². The molecule has 3 rings (SSSR count). The van der Waals surface area contributed by atoms with Crippen LogP contribution in [0.2, 0.25) is 0 Å². The number of aromatic nitrogens is 1. The van der Waals surface area contributed by atoms with E-state index in [0.717, 1.165) is 11.8 Å². The number of ether oxygens (including phenoxy) is 1. The third-order valence-electron chi connectivity index (χ3n) is 3.18. The number of rotatable bonds is 4. The second kappa shape index (κ2) is 7.88. The predicted molar refractivity (Wildman–Crippen MR) is 98.5 cm³/mol. The lowest BCUT2D eigenvalue weighted by atomic mass is 10.1. The van der Waals surface area contributed by atoms with Gasteiger partial charge in [0.25, 0.3) is 0 Å². The molecule has 1 aromatic carbocycles. The van der Waals surface area contributed by atoms with Gasteiger partial charge in [-0.15, -0.1) is 0 Å². The summed E-state index contributed by atoms with van der Waals surface area (Å²) in [6.45, 7) is 6.09. The number of nitrogens with zero attached hydrogens (tertiary/aromatic N) is 1. The van der Waals surface area contributed by atoms with Crippen molar-refractivity contribution in [2.75, 3.05) is 11.0 Å². The number of hydrogen-bond donors (Lipinski definition) is 1.